The van der Waals surface area contributed by atoms with Gasteiger partial charge in [0.1, 0.15) is 18.1 Å². The summed E-state index contributed by atoms with van der Waals surface area (Å²) in [5.74, 6) is 1.53. The van der Waals surface area contributed by atoms with Gasteiger partial charge in [0.2, 0.25) is 0 Å². The lowest BCUT2D eigenvalue weighted by molar-refractivity contribution is 0.305. The summed E-state index contributed by atoms with van der Waals surface area (Å²) in [6.45, 7) is 3.36. The molecule has 0 fully saturated rings. The number of nitrogens with one attached hydrogen (secondary N) is 1. The number of aromatic nitrogens is 1. The Morgan fingerprint density at radius 3 is 2.63 bits per heavy atom. The van der Waals surface area contributed by atoms with E-state index in [-0.39, 0.29) is 0 Å². The number of rotatable bonds is 9. The maximum Gasteiger partial charge on any atom is 0.138 e. The minimum atomic E-state index is 0.305. The molecule has 3 aromatic rings. The standard InChI is InChI=1S/C22H27N3O2/c1-16(7-6-10-23)25-21-13-19(26-2)11-18-12-20(14-24-22(18)21)27-15-17-8-4-3-5-9-17/h3-5,8-9,11-14,16,25H,6-7,10,15,23H2,1-2H3. The largest absolute Gasteiger partial charge is 0.497 e. The molecule has 5 heteroatoms. The predicted molar refractivity (Wildman–Crippen MR) is 110 cm³/mol. The third-order valence-corrected chi connectivity index (χ3v) is 4.46. The lowest BCUT2D eigenvalue weighted by atomic mass is 10.1. The molecule has 0 spiro atoms. The molecular weight excluding hydrogens is 338 g/mol. The topological polar surface area (TPSA) is 69.4 Å². The van der Waals surface area contributed by atoms with Crippen molar-refractivity contribution in [3.63, 3.8) is 0 Å². The SMILES string of the molecule is COc1cc(NC(C)CCCN)c2ncc(OCc3ccccc3)cc2c1. The molecule has 0 radical (unpaired) electrons. The van der Waals surface area contributed by atoms with Gasteiger partial charge in [0.25, 0.3) is 0 Å². The van der Waals surface area contributed by atoms with Gasteiger partial charge in [-0.05, 0) is 44.0 Å². The van der Waals surface area contributed by atoms with Crippen molar-refractivity contribution in [2.45, 2.75) is 32.4 Å². The summed E-state index contributed by atoms with van der Waals surface area (Å²) in [7, 11) is 1.67. The van der Waals surface area contributed by atoms with Crippen LogP contribution in [-0.4, -0.2) is 24.7 Å². The lowest BCUT2D eigenvalue weighted by Gasteiger charge is -2.17. The summed E-state index contributed by atoms with van der Waals surface area (Å²) in [6, 6.07) is 16.4. The number of hydrogen-bond donors (Lipinski definition) is 2. The van der Waals surface area contributed by atoms with Gasteiger partial charge in [0.05, 0.1) is 24.5 Å². The average molecular weight is 365 g/mol. The fourth-order valence-electron chi connectivity index (χ4n) is 3.01. The molecule has 0 aliphatic rings. The fraction of sp³-hybridized carbons (Fsp3) is 0.318. The Morgan fingerprint density at radius 1 is 1.11 bits per heavy atom. The number of anilines is 1. The van der Waals surface area contributed by atoms with Gasteiger partial charge in [-0.1, -0.05) is 30.3 Å². The summed E-state index contributed by atoms with van der Waals surface area (Å²) in [6.07, 6.45) is 3.77. The molecule has 142 valence electrons. The highest BCUT2D eigenvalue weighted by molar-refractivity contribution is 5.92. The molecular formula is C22H27N3O2. The summed E-state index contributed by atoms with van der Waals surface area (Å²) in [4.78, 5) is 4.63. The molecule has 0 saturated heterocycles. The van der Waals surface area contributed by atoms with E-state index in [0.29, 0.717) is 19.2 Å². The van der Waals surface area contributed by atoms with Crippen LogP contribution >= 0.6 is 0 Å². The van der Waals surface area contributed by atoms with Gasteiger partial charge in [-0.2, -0.15) is 0 Å². The molecule has 1 aromatic heterocycles. The number of pyridine rings is 1. The Balaban J connectivity index is 1.82. The third-order valence-electron chi connectivity index (χ3n) is 4.46. The molecule has 1 atom stereocenters. The third kappa shape index (κ3) is 5.11. The molecule has 2 aromatic carbocycles. The van der Waals surface area contributed by atoms with Crippen LogP contribution in [0, 0.1) is 0 Å². The van der Waals surface area contributed by atoms with Crippen molar-refractivity contribution >= 4 is 16.6 Å². The highest BCUT2D eigenvalue weighted by atomic mass is 16.5. The van der Waals surface area contributed by atoms with Crippen LogP contribution in [0.5, 0.6) is 11.5 Å². The van der Waals surface area contributed by atoms with Gasteiger partial charge in [0.15, 0.2) is 0 Å². The Labute approximate surface area is 160 Å². The van der Waals surface area contributed by atoms with Crippen LogP contribution in [0.2, 0.25) is 0 Å². The summed E-state index contributed by atoms with van der Waals surface area (Å²) in [5.41, 5.74) is 8.61. The second kappa shape index (κ2) is 9.24. The van der Waals surface area contributed by atoms with Crippen molar-refractivity contribution in [3.05, 3.63) is 60.3 Å². The second-order valence-electron chi connectivity index (χ2n) is 6.67. The summed E-state index contributed by atoms with van der Waals surface area (Å²) in [5, 5.41) is 4.51. The number of ether oxygens (including phenoxy) is 2. The van der Waals surface area contributed by atoms with Crippen LogP contribution < -0.4 is 20.5 Å². The van der Waals surface area contributed by atoms with Gasteiger partial charge < -0.3 is 20.5 Å². The number of nitrogens with zero attached hydrogens (tertiary/aromatic N) is 1. The average Bonchev–Trinajstić information content (AvgIpc) is 2.71. The Kier molecular flexibility index (Phi) is 6.49. The van der Waals surface area contributed by atoms with Crippen molar-refractivity contribution in [2.24, 2.45) is 5.73 Å². The van der Waals surface area contributed by atoms with Gasteiger partial charge >= 0.3 is 0 Å². The van der Waals surface area contributed by atoms with Gasteiger partial charge in [0, 0.05) is 17.5 Å². The van der Waals surface area contributed by atoms with Gasteiger partial charge in [-0.15, -0.1) is 0 Å². The molecule has 1 heterocycles. The van der Waals surface area contributed by atoms with Crippen molar-refractivity contribution in [1.29, 1.82) is 0 Å². The summed E-state index contributed by atoms with van der Waals surface area (Å²) >= 11 is 0. The first-order valence-corrected chi connectivity index (χ1v) is 9.30. The highest BCUT2D eigenvalue weighted by Crippen LogP contribution is 2.31. The quantitative estimate of drug-likeness (QED) is 0.589. The van der Waals surface area contributed by atoms with Crippen LogP contribution in [0.25, 0.3) is 10.9 Å². The maximum absolute atomic E-state index is 5.91. The van der Waals surface area contributed by atoms with Crippen molar-refractivity contribution < 1.29 is 9.47 Å². The van der Waals surface area contributed by atoms with Crippen LogP contribution in [0.4, 0.5) is 5.69 Å². The zero-order chi connectivity index (χ0) is 19.1. The van der Waals surface area contributed by atoms with Crippen LogP contribution in [0.3, 0.4) is 0 Å². The monoisotopic (exact) mass is 365 g/mol. The zero-order valence-electron chi connectivity index (χ0n) is 15.9. The Morgan fingerprint density at radius 2 is 1.89 bits per heavy atom. The number of hydrogen-bond acceptors (Lipinski definition) is 5. The molecule has 0 amide bonds. The number of methoxy groups -OCH3 is 1. The van der Waals surface area contributed by atoms with E-state index in [0.717, 1.165) is 46.5 Å². The molecule has 1 unspecified atom stereocenters. The van der Waals surface area contributed by atoms with E-state index in [1.807, 2.05) is 48.5 Å². The Hall–Kier alpha value is -2.79. The summed E-state index contributed by atoms with van der Waals surface area (Å²) < 4.78 is 11.4. The van der Waals surface area contributed by atoms with E-state index < -0.39 is 0 Å². The predicted octanol–water partition coefficient (Wildman–Crippen LogP) is 4.36. The van der Waals surface area contributed by atoms with Crippen molar-refractivity contribution in [3.8, 4) is 11.5 Å². The number of nitrogens with two attached hydrogens (primary N) is 1. The molecule has 5 nitrogen and oxygen atoms in total. The van der Waals surface area contributed by atoms with Gasteiger partial charge in [-0.25, -0.2) is 0 Å². The van der Waals surface area contributed by atoms with E-state index in [1.165, 1.54) is 0 Å². The normalized spacial score (nSPS) is 12.0. The minimum absolute atomic E-state index is 0.305. The lowest BCUT2D eigenvalue weighted by Crippen LogP contribution is -2.17. The van der Waals surface area contributed by atoms with E-state index in [9.17, 15) is 0 Å². The molecule has 0 bridgehead atoms. The highest BCUT2D eigenvalue weighted by Gasteiger charge is 2.10. The zero-order valence-corrected chi connectivity index (χ0v) is 15.9. The maximum atomic E-state index is 5.91. The first-order chi connectivity index (χ1) is 13.2. The van der Waals surface area contributed by atoms with E-state index in [2.05, 4.69) is 17.2 Å². The van der Waals surface area contributed by atoms with Crippen LogP contribution in [0.1, 0.15) is 25.3 Å². The molecule has 0 aliphatic heterocycles. The van der Waals surface area contributed by atoms with Crippen LogP contribution in [-0.2, 0) is 6.61 Å². The first kappa shape index (κ1) is 19.0. The first-order valence-electron chi connectivity index (χ1n) is 9.30. The second-order valence-corrected chi connectivity index (χ2v) is 6.67. The minimum Gasteiger partial charge on any atom is -0.497 e. The number of fused-ring (bicyclic) bond motifs is 1. The van der Waals surface area contributed by atoms with Crippen molar-refractivity contribution in [1.82, 2.24) is 4.98 Å². The van der Waals surface area contributed by atoms with E-state index in [4.69, 9.17) is 15.2 Å². The molecule has 0 aliphatic carbocycles. The smallest absolute Gasteiger partial charge is 0.138 e. The fourth-order valence-corrected chi connectivity index (χ4v) is 3.01. The molecule has 27 heavy (non-hydrogen) atoms. The Bertz CT molecular complexity index is 868. The van der Waals surface area contributed by atoms with E-state index in [1.54, 1.807) is 13.3 Å². The number of benzene rings is 2. The van der Waals surface area contributed by atoms with Gasteiger partial charge in [-0.3, -0.25) is 4.98 Å². The van der Waals surface area contributed by atoms with Crippen molar-refractivity contribution in [2.75, 3.05) is 19.0 Å². The van der Waals surface area contributed by atoms with E-state index >= 15 is 0 Å². The molecule has 0 saturated carbocycles. The molecule has 3 N–H and O–H groups in total. The van der Waals surface area contributed by atoms with Crippen LogP contribution in [0.15, 0.2) is 54.7 Å². The molecule has 3 rings (SSSR count).